The van der Waals surface area contributed by atoms with Crippen LogP contribution in [0.4, 0.5) is 15.8 Å². The van der Waals surface area contributed by atoms with Crippen molar-refractivity contribution in [1.29, 1.82) is 0 Å². The van der Waals surface area contributed by atoms with Gasteiger partial charge >= 0.3 is 0 Å². The number of benzene rings is 2. The smallest absolute Gasteiger partial charge is 0.261 e. The lowest BCUT2D eigenvalue weighted by atomic mass is 10.1. The van der Waals surface area contributed by atoms with Gasteiger partial charge in [0, 0.05) is 37.8 Å². The van der Waals surface area contributed by atoms with Crippen LogP contribution in [0, 0.1) is 5.82 Å². The van der Waals surface area contributed by atoms with Gasteiger partial charge in [0.25, 0.3) is 10.0 Å². The Morgan fingerprint density at radius 1 is 1.03 bits per heavy atom. The Bertz CT molecular complexity index is 1350. The Hall–Kier alpha value is -3.27. The van der Waals surface area contributed by atoms with Crippen LogP contribution in [0.25, 0.3) is 11.4 Å². The molecular weight excluding hydrogens is 445 g/mol. The Kier molecular flexibility index (Phi) is 5.40. The Morgan fingerprint density at radius 3 is 2.70 bits per heavy atom. The molecule has 3 heterocycles. The predicted molar refractivity (Wildman–Crippen MR) is 122 cm³/mol. The largest absolute Gasteiger partial charge is 0.312 e. The third kappa shape index (κ3) is 3.99. The van der Waals surface area contributed by atoms with Crippen molar-refractivity contribution in [3.8, 4) is 11.4 Å². The van der Waals surface area contributed by atoms with Crippen LogP contribution in [0.15, 0.2) is 41.3 Å². The molecule has 1 amide bonds. The van der Waals surface area contributed by atoms with Crippen molar-refractivity contribution in [3.05, 3.63) is 53.6 Å². The molecule has 172 valence electrons. The molecule has 2 aliphatic rings. The van der Waals surface area contributed by atoms with E-state index in [0.717, 1.165) is 42.8 Å². The molecule has 0 radical (unpaired) electrons. The van der Waals surface area contributed by atoms with Crippen LogP contribution >= 0.6 is 0 Å². The van der Waals surface area contributed by atoms with Gasteiger partial charge in [-0.05, 0) is 61.2 Å². The molecule has 3 aromatic rings. The maximum absolute atomic E-state index is 14.7. The number of aromatic nitrogens is 3. The fourth-order valence-corrected chi connectivity index (χ4v) is 5.63. The number of hydrogen-bond donors (Lipinski definition) is 1. The predicted octanol–water partition coefficient (Wildman–Crippen LogP) is 3.52. The van der Waals surface area contributed by atoms with E-state index >= 15 is 0 Å². The van der Waals surface area contributed by atoms with Crippen LogP contribution in [0.1, 0.15) is 37.6 Å². The number of sulfonamides is 1. The lowest BCUT2D eigenvalue weighted by Gasteiger charge is -2.15. The summed E-state index contributed by atoms with van der Waals surface area (Å²) in [4.78, 5) is 13.5. The van der Waals surface area contributed by atoms with E-state index in [9.17, 15) is 17.6 Å². The number of anilines is 2. The molecular formula is C23H24FN5O3S. The van der Waals surface area contributed by atoms with Crippen LogP contribution < -0.4 is 9.62 Å². The van der Waals surface area contributed by atoms with E-state index in [0.29, 0.717) is 25.3 Å². The first-order valence-electron chi connectivity index (χ1n) is 11.0. The van der Waals surface area contributed by atoms with Crippen LogP contribution in [-0.2, 0) is 34.2 Å². The van der Waals surface area contributed by atoms with Gasteiger partial charge in [0.05, 0.1) is 10.5 Å². The third-order valence-corrected chi connectivity index (χ3v) is 7.58. The van der Waals surface area contributed by atoms with E-state index in [2.05, 4.69) is 14.9 Å². The molecule has 33 heavy (non-hydrogen) atoms. The standard InChI is InChI=1S/C23H24FN5O3S/c1-15(30)28-12-10-16-13-18(7-9-21(16)28)33(31,32)27-17-6-8-20(24)19(14-17)23-26-25-22-5-3-2-4-11-29(22)23/h6-9,13-14,27H,2-5,10-12H2,1H3. The average molecular weight is 470 g/mol. The fourth-order valence-electron chi connectivity index (χ4n) is 4.53. The number of nitrogens with one attached hydrogen (secondary N) is 1. The summed E-state index contributed by atoms with van der Waals surface area (Å²) in [7, 11) is -3.91. The summed E-state index contributed by atoms with van der Waals surface area (Å²) in [6.45, 7) is 2.73. The second-order valence-corrected chi connectivity index (χ2v) is 10.1. The van der Waals surface area contributed by atoms with E-state index in [1.54, 1.807) is 17.0 Å². The lowest BCUT2D eigenvalue weighted by Crippen LogP contribution is -2.25. The van der Waals surface area contributed by atoms with Gasteiger partial charge in [-0.1, -0.05) is 6.42 Å². The van der Waals surface area contributed by atoms with Gasteiger partial charge in [-0.25, -0.2) is 12.8 Å². The molecule has 8 nitrogen and oxygen atoms in total. The van der Waals surface area contributed by atoms with Crippen molar-refractivity contribution in [2.45, 2.75) is 50.5 Å². The second-order valence-electron chi connectivity index (χ2n) is 8.41. The number of aryl methyl sites for hydroxylation is 1. The van der Waals surface area contributed by atoms with E-state index in [-0.39, 0.29) is 22.1 Å². The normalized spacial score (nSPS) is 15.6. The molecule has 0 bridgehead atoms. The van der Waals surface area contributed by atoms with Gasteiger partial charge in [0.15, 0.2) is 5.82 Å². The summed E-state index contributed by atoms with van der Waals surface area (Å²) < 4.78 is 45.3. The van der Waals surface area contributed by atoms with Gasteiger partial charge in [-0.3, -0.25) is 9.52 Å². The van der Waals surface area contributed by atoms with Crippen molar-refractivity contribution < 1.29 is 17.6 Å². The minimum absolute atomic E-state index is 0.0762. The van der Waals surface area contributed by atoms with Crippen molar-refractivity contribution in [2.75, 3.05) is 16.2 Å². The monoisotopic (exact) mass is 469 g/mol. The number of halogens is 1. The zero-order valence-electron chi connectivity index (χ0n) is 18.2. The first kappa shape index (κ1) is 21.6. The Morgan fingerprint density at radius 2 is 1.88 bits per heavy atom. The fraction of sp³-hybridized carbons (Fsp3) is 0.348. The molecule has 2 aromatic carbocycles. The highest BCUT2D eigenvalue weighted by molar-refractivity contribution is 7.92. The molecule has 10 heteroatoms. The van der Waals surface area contributed by atoms with Crippen molar-refractivity contribution in [1.82, 2.24) is 14.8 Å². The number of hydrogen-bond acceptors (Lipinski definition) is 5. The maximum Gasteiger partial charge on any atom is 0.261 e. The number of carbonyl (C=O) groups excluding carboxylic acids is 1. The first-order chi connectivity index (χ1) is 15.8. The van der Waals surface area contributed by atoms with Crippen molar-refractivity contribution in [2.24, 2.45) is 0 Å². The zero-order valence-corrected chi connectivity index (χ0v) is 19.0. The van der Waals surface area contributed by atoms with Crippen LogP contribution in [-0.4, -0.2) is 35.6 Å². The number of fused-ring (bicyclic) bond motifs is 2. The third-order valence-electron chi connectivity index (χ3n) is 6.21. The minimum Gasteiger partial charge on any atom is -0.312 e. The second kappa shape index (κ2) is 8.26. The molecule has 5 rings (SSSR count). The number of rotatable bonds is 4. The lowest BCUT2D eigenvalue weighted by molar-refractivity contribution is -0.116. The molecule has 0 fully saturated rings. The van der Waals surface area contributed by atoms with Crippen LogP contribution in [0.3, 0.4) is 0 Å². The average Bonchev–Trinajstić information content (AvgIpc) is 3.31. The Balaban J connectivity index is 1.45. The molecule has 0 saturated carbocycles. The maximum atomic E-state index is 14.7. The van der Waals surface area contributed by atoms with Crippen molar-refractivity contribution >= 4 is 27.3 Å². The highest BCUT2D eigenvalue weighted by Crippen LogP contribution is 2.32. The summed E-state index contributed by atoms with van der Waals surface area (Å²) in [5, 5.41) is 8.41. The van der Waals surface area contributed by atoms with Gasteiger partial charge < -0.3 is 9.47 Å². The molecule has 2 aliphatic heterocycles. The quantitative estimate of drug-likeness (QED) is 0.631. The van der Waals surface area contributed by atoms with E-state index in [1.807, 2.05) is 4.57 Å². The first-order valence-corrected chi connectivity index (χ1v) is 12.5. The summed E-state index contributed by atoms with van der Waals surface area (Å²) in [6.07, 6.45) is 4.45. The van der Waals surface area contributed by atoms with Crippen LogP contribution in [0.5, 0.6) is 0 Å². The molecule has 1 aromatic heterocycles. The molecule has 0 aliphatic carbocycles. The highest BCUT2D eigenvalue weighted by atomic mass is 32.2. The van der Waals surface area contributed by atoms with Gasteiger partial charge in [-0.2, -0.15) is 0 Å². The van der Waals surface area contributed by atoms with Crippen LogP contribution in [0.2, 0.25) is 0 Å². The van der Waals surface area contributed by atoms with Gasteiger partial charge in [-0.15, -0.1) is 10.2 Å². The number of amides is 1. The Labute approximate surface area is 191 Å². The molecule has 1 N–H and O–H groups in total. The summed E-state index contributed by atoms with van der Waals surface area (Å²) >= 11 is 0. The highest BCUT2D eigenvalue weighted by Gasteiger charge is 2.25. The molecule has 0 unspecified atom stereocenters. The number of nitrogens with zero attached hydrogens (tertiary/aromatic N) is 4. The van der Waals surface area contributed by atoms with Gasteiger partial charge in [0.2, 0.25) is 5.91 Å². The molecule has 0 atom stereocenters. The molecule has 0 saturated heterocycles. The topological polar surface area (TPSA) is 97.2 Å². The van der Waals surface area contributed by atoms with Crippen molar-refractivity contribution in [3.63, 3.8) is 0 Å². The van der Waals surface area contributed by atoms with E-state index in [1.165, 1.54) is 31.2 Å². The SMILES string of the molecule is CC(=O)N1CCc2cc(S(=O)(=O)Nc3ccc(F)c(-c4nnc5n4CCCCC5)c3)ccc21. The number of carbonyl (C=O) groups is 1. The van der Waals surface area contributed by atoms with E-state index in [4.69, 9.17) is 0 Å². The molecule has 0 spiro atoms. The van der Waals surface area contributed by atoms with E-state index < -0.39 is 15.8 Å². The summed E-state index contributed by atoms with van der Waals surface area (Å²) in [6, 6.07) is 8.80. The zero-order chi connectivity index (χ0) is 23.2. The summed E-state index contributed by atoms with van der Waals surface area (Å²) in [5.41, 5.74) is 1.99. The summed E-state index contributed by atoms with van der Waals surface area (Å²) in [5.74, 6) is 0.671. The minimum atomic E-state index is -3.91. The van der Waals surface area contributed by atoms with Gasteiger partial charge in [0.1, 0.15) is 11.6 Å².